The minimum atomic E-state index is -0.201. The molecule has 3 rings (SSSR count). The van der Waals surface area contributed by atoms with Crippen LogP contribution in [0.25, 0.3) is 0 Å². The molecule has 30 heavy (non-hydrogen) atoms. The highest BCUT2D eigenvalue weighted by atomic mass is 127. The first-order valence-corrected chi connectivity index (χ1v) is 10.9. The second-order valence-electron chi connectivity index (χ2n) is 8.22. The lowest BCUT2D eigenvalue weighted by molar-refractivity contribution is 0.0169. The molecule has 0 amide bonds. The molecule has 1 aromatic rings. The lowest BCUT2D eigenvalue weighted by Crippen LogP contribution is -2.51. The van der Waals surface area contributed by atoms with E-state index in [0.717, 1.165) is 70.3 Å². The Morgan fingerprint density at radius 3 is 2.30 bits per heavy atom. The summed E-state index contributed by atoms with van der Waals surface area (Å²) >= 11 is 0. The van der Waals surface area contributed by atoms with Crippen LogP contribution in [-0.4, -0.2) is 80.8 Å². The number of benzene rings is 1. The van der Waals surface area contributed by atoms with Gasteiger partial charge in [-0.05, 0) is 44.4 Å². The molecule has 2 aliphatic heterocycles. The topological polar surface area (TPSA) is 52.1 Å². The molecule has 0 saturated carbocycles. The van der Waals surface area contributed by atoms with E-state index in [0.29, 0.717) is 12.1 Å². The highest BCUT2D eigenvalue weighted by Gasteiger charge is 2.24. The summed E-state index contributed by atoms with van der Waals surface area (Å²) in [6, 6.07) is 8.06. The van der Waals surface area contributed by atoms with Crippen LogP contribution in [0.4, 0.5) is 4.39 Å². The average molecular weight is 533 g/mol. The first kappa shape index (κ1) is 25.3. The maximum atomic E-state index is 13.4. The van der Waals surface area contributed by atoms with Crippen molar-refractivity contribution in [1.82, 2.24) is 20.4 Å². The van der Waals surface area contributed by atoms with Crippen molar-refractivity contribution in [3.05, 3.63) is 35.6 Å². The molecular formula is C22H37FIN5O. The third-order valence-electron chi connectivity index (χ3n) is 6.03. The van der Waals surface area contributed by atoms with Gasteiger partial charge in [-0.15, -0.1) is 24.0 Å². The van der Waals surface area contributed by atoms with Gasteiger partial charge in [-0.2, -0.15) is 0 Å². The van der Waals surface area contributed by atoms with Crippen LogP contribution in [0, 0.1) is 5.82 Å². The summed E-state index contributed by atoms with van der Waals surface area (Å²) < 4.78 is 18.9. The lowest BCUT2D eigenvalue weighted by atomic mass is 10.0. The maximum Gasteiger partial charge on any atom is 0.191 e. The molecule has 1 aromatic carbocycles. The Balaban J connectivity index is 0.00000320. The number of likely N-dealkylation sites (tertiary alicyclic amines) is 1. The van der Waals surface area contributed by atoms with E-state index in [9.17, 15) is 4.39 Å². The van der Waals surface area contributed by atoms with Gasteiger partial charge in [-0.25, -0.2) is 4.39 Å². The van der Waals surface area contributed by atoms with Gasteiger partial charge in [-0.3, -0.25) is 9.89 Å². The Morgan fingerprint density at radius 1 is 1.10 bits per heavy atom. The van der Waals surface area contributed by atoms with Gasteiger partial charge < -0.3 is 20.3 Å². The molecule has 0 spiro atoms. The Kier molecular flexibility index (Phi) is 10.8. The third kappa shape index (κ3) is 7.32. The Labute approximate surface area is 197 Å². The van der Waals surface area contributed by atoms with Gasteiger partial charge in [0.1, 0.15) is 5.82 Å². The smallest absolute Gasteiger partial charge is 0.191 e. The highest BCUT2D eigenvalue weighted by Crippen LogP contribution is 2.22. The third-order valence-corrected chi connectivity index (χ3v) is 6.03. The van der Waals surface area contributed by atoms with E-state index in [2.05, 4.69) is 39.3 Å². The van der Waals surface area contributed by atoms with E-state index in [1.807, 2.05) is 19.2 Å². The number of hydrogen-bond donors (Lipinski definition) is 2. The van der Waals surface area contributed by atoms with Gasteiger partial charge in [0, 0.05) is 51.9 Å². The van der Waals surface area contributed by atoms with Gasteiger partial charge in [0.25, 0.3) is 0 Å². The summed E-state index contributed by atoms with van der Waals surface area (Å²) in [4.78, 5) is 9.36. The number of halogens is 2. The van der Waals surface area contributed by atoms with E-state index in [-0.39, 0.29) is 35.8 Å². The van der Waals surface area contributed by atoms with Crippen LogP contribution in [0.2, 0.25) is 0 Å². The number of piperidine rings is 1. The summed E-state index contributed by atoms with van der Waals surface area (Å²) in [5, 5.41) is 7.10. The van der Waals surface area contributed by atoms with Crippen LogP contribution in [0.15, 0.2) is 29.3 Å². The largest absolute Gasteiger partial charge is 0.379 e. The fourth-order valence-corrected chi connectivity index (χ4v) is 4.17. The minimum absolute atomic E-state index is 0. The molecule has 2 N–H and O–H groups in total. The van der Waals surface area contributed by atoms with Gasteiger partial charge in [-0.1, -0.05) is 12.1 Å². The number of guanidine groups is 1. The summed E-state index contributed by atoms with van der Waals surface area (Å²) in [5.74, 6) is 0.640. The Hall–Kier alpha value is -0.970. The second-order valence-corrected chi connectivity index (χ2v) is 8.22. The predicted octanol–water partition coefficient (Wildman–Crippen LogP) is 2.85. The average Bonchev–Trinajstić information content (AvgIpc) is 2.75. The Bertz CT molecular complexity index is 643. The standard InChI is InChI=1S/C22H36FN5O.HI/c1-17(2)27-10-8-20(9-11-27)26-22(24-3)25-16-21(28-12-14-29-15-13-28)18-4-6-19(23)7-5-18;/h4-7,17,20-21H,8-16H2,1-3H3,(H2,24,25,26);1H. The molecule has 2 saturated heterocycles. The molecule has 2 fully saturated rings. The van der Waals surface area contributed by atoms with Crippen molar-refractivity contribution >= 4 is 29.9 Å². The number of rotatable bonds is 6. The second kappa shape index (κ2) is 12.8. The molecule has 1 unspecified atom stereocenters. The van der Waals surface area contributed by atoms with E-state index in [1.165, 1.54) is 0 Å². The number of ether oxygens (including phenoxy) is 1. The quantitative estimate of drug-likeness (QED) is 0.335. The van der Waals surface area contributed by atoms with Crippen LogP contribution >= 0.6 is 24.0 Å². The summed E-state index contributed by atoms with van der Waals surface area (Å²) in [6.45, 7) is 10.7. The van der Waals surface area contributed by atoms with Crippen molar-refractivity contribution in [2.24, 2.45) is 4.99 Å². The van der Waals surface area contributed by atoms with Crippen LogP contribution in [0.1, 0.15) is 38.3 Å². The zero-order valence-electron chi connectivity index (χ0n) is 18.4. The molecular weight excluding hydrogens is 496 g/mol. The van der Waals surface area contributed by atoms with Gasteiger partial charge in [0.15, 0.2) is 5.96 Å². The first-order chi connectivity index (χ1) is 14.1. The molecule has 2 heterocycles. The van der Waals surface area contributed by atoms with Crippen molar-refractivity contribution in [3.8, 4) is 0 Å². The van der Waals surface area contributed by atoms with Crippen LogP contribution in [0.5, 0.6) is 0 Å². The van der Waals surface area contributed by atoms with Crippen molar-refractivity contribution in [2.45, 2.75) is 44.8 Å². The first-order valence-electron chi connectivity index (χ1n) is 10.9. The number of nitrogens with one attached hydrogen (secondary N) is 2. The molecule has 1 atom stereocenters. The number of hydrogen-bond acceptors (Lipinski definition) is 4. The van der Waals surface area contributed by atoms with Gasteiger partial charge in [0.2, 0.25) is 0 Å². The van der Waals surface area contributed by atoms with Crippen molar-refractivity contribution in [3.63, 3.8) is 0 Å². The fourth-order valence-electron chi connectivity index (χ4n) is 4.17. The van der Waals surface area contributed by atoms with E-state index in [4.69, 9.17) is 4.74 Å². The lowest BCUT2D eigenvalue weighted by Gasteiger charge is -2.37. The monoisotopic (exact) mass is 533 g/mol. The molecule has 2 aliphatic rings. The van der Waals surface area contributed by atoms with E-state index >= 15 is 0 Å². The highest BCUT2D eigenvalue weighted by molar-refractivity contribution is 14.0. The minimum Gasteiger partial charge on any atom is -0.379 e. The number of nitrogens with zero attached hydrogens (tertiary/aromatic N) is 3. The maximum absolute atomic E-state index is 13.4. The molecule has 6 nitrogen and oxygen atoms in total. The van der Waals surface area contributed by atoms with Crippen molar-refractivity contribution < 1.29 is 9.13 Å². The van der Waals surface area contributed by atoms with Gasteiger partial charge >= 0.3 is 0 Å². The Morgan fingerprint density at radius 2 is 1.73 bits per heavy atom. The number of morpholine rings is 1. The molecule has 0 aromatic heterocycles. The molecule has 170 valence electrons. The molecule has 0 radical (unpaired) electrons. The van der Waals surface area contributed by atoms with Crippen molar-refractivity contribution in [2.75, 3.05) is 53.0 Å². The SMILES string of the molecule is CN=C(NCC(c1ccc(F)cc1)N1CCOCC1)NC1CCN(C(C)C)CC1.I. The molecule has 8 heteroatoms. The van der Waals surface area contributed by atoms with Crippen LogP contribution in [-0.2, 0) is 4.74 Å². The van der Waals surface area contributed by atoms with Crippen molar-refractivity contribution in [1.29, 1.82) is 0 Å². The predicted molar refractivity (Wildman–Crippen MR) is 131 cm³/mol. The van der Waals surface area contributed by atoms with E-state index in [1.54, 1.807) is 12.1 Å². The zero-order chi connectivity index (χ0) is 20.6. The van der Waals surface area contributed by atoms with E-state index < -0.39 is 0 Å². The van der Waals surface area contributed by atoms with Gasteiger partial charge in [0.05, 0.1) is 19.3 Å². The molecule has 0 aliphatic carbocycles. The zero-order valence-corrected chi connectivity index (χ0v) is 20.8. The normalized spacial score (nSPS) is 20.6. The van der Waals surface area contributed by atoms with Crippen LogP contribution < -0.4 is 10.6 Å². The summed E-state index contributed by atoms with van der Waals surface area (Å²) in [7, 11) is 1.82. The molecule has 0 bridgehead atoms. The number of aliphatic imine (C=N–C) groups is 1. The fraction of sp³-hybridized carbons (Fsp3) is 0.682. The summed E-state index contributed by atoms with van der Waals surface area (Å²) in [6.07, 6.45) is 2.26. The summed E-state index contributed by atoms with van der Waals surface area (Å²) in [5.41, 5.74) is 1.11. The van der Waals surface area contributed by atoms with Crippen LogP contribution in [0.3, 0.4) is 0 Å².